The van der Waals surface area contributed by atoms with E-state index in [1.807, 2.05) is 17.4 Å². The van der Waals surface area contributed by atoms with Gasteiger partial charge in [0.25, 0.3) is 0 Å². The summed E-state index contributed by atoms with van der Waals surface area (Å²) < 4.78 is 2.47. The number of anilines is 6. The second kappa shape index (κ2) is 15.2. The average molecular weight is 788 g/mol. The topological polar surface area (TPSA) is 37.2 Å². The Morgan fingerprint density at radius 1 is 0.383 bits per heavy atom. The first-order chi connectivity index (χ1) is 29.8. The van der Waals surface area contributed by atoms with Crippen LogP contribution in [0.15, 0.2) is 224 Å². The summed E-state index contributed by atoms with van der Waals surface area (Å²) in [5.41, 5.74) is 13.8. The van der Waals surface area contributed by atoms with Crippen LogP contribution in [0.4, 0.5) is 34.1 Å². The Balaban J connectivity index is 1.05. The summed E-state index contributed by atoms with van der Waals surface area (Å²) >= 11 is 1.85. The number of fused-ring (bicyclic) bond motifs is 4. The minimum atomic E-state index is 0.850. The van der Waals surface area contributed by atoms with Gasteiger partial charge in [0.2, 0.25) is 0 Å². The number of rotatable bonds is 9. The van der Waals surface area contributed by atoms with Crippen LogP contribution in [-0.4, -0.2) is 15.0 Å². The zero-order valence-corrected chi connectivity index (χ0v) is 33.3. The largest absolute Gasteiger partial charge is 0.310 e. The first-order valence-electron chi connectivity index (χ1n) is 20.1. The smallest absolute Gasteiger partial charge is 0.114 e. The lowest BCUT2D eigenvalue weighted by Gasteiger charge is -2.28. The first-order valence-corrected chi connectivity index (χ1v) is 20.9. The van der Waals surface area contributed by atoms with Crippen molar-refractivity contribution in [3.63, 3.8) is 0 Å². The van der Waals surface area contributed by atoms with Crippen molar-refractivity contribution in [2.24, 2.45) is 0 Å². The fraction of sp³-hybridized carbons (Fsp3) is 0. The summed E-state index contributed by atoms with van der Waals surface area (Å²) in [7, 11) is 0. The van der Waals surface area contributed by atoms with Crippen LogP contribution in [0, 0.1) is 0 Å². The molecule has 0 atom stereocenters. The maximum absolute atomic E-state index is 4.98. The lowest BCUT2D eigenvalue weighted by molar-refractivity contribution is 0.765. The standard InChI is InChI=1S/C54H37N5S/c1-5-18-38(19-6-1)39-34-35-48-49(36-39)56-59(55-48)44-27-15-26-43(37-44)58(42-24-11-4-12-25-42)51-32-17-33-52-53(51)47-30-16-29-46(54(47)60-52)45-28-13-14-31-50(45)57(40-20-7-2-8-21-40)41-22-9-3-10-23-41/h1-37H. The normalized spacial score (nSPS) is 11.3. The quantitative estimate of drug-likeness (QED) is 0.146. The van der Waals surface area contributed by atoms with E-state index in [1.165, 1.54) is 31.3 Å². The molecular formula is C54H37N5S. The maximum Gasteiger partial charge on any atom is 0.114 e. The van der Waals surface area contributed by atoms with E-state index in [4.69, 9.17) is 10.2 Å². The van der Waals surface area contributed by atoms with Gasteiger partial charge >= 0.3 is 0 Å². The van der Waals surface area contributed by atoms with E-state index < -0.39 is 0 Å². The summed E-state index contributed by atoms with van der Waals surface area (Å²) in [6.07, 6.45) is 0. The van der Waals surface area contributed by atoms with E-state index in [0.29, 0.717) is 0 Å². The van der Waals surface area contributed by atoms with E-state index in [2.05, 4.69) is 228 Å². The minimum absolute atomic E-state index is 0.850. The Bertz CT molecular complexity index is 3230. The van der Waals surface area contributed by atoms with Crippen LogP contribution in [0.2, 0.25) is 0 Å². The van der Waals surface area contributed by atoms with Gasteiger partial charge in [-0.05, 0) is 96.1 Å². The molecule has 11 aromatic rings. The van der Waals surface area contributed by atoms with E-state index in [1.54, 1.807) is 4.80 Å². The summed E-state index contributed by atoms with van der Waals surface area (Å²) in [5, 5.41) is 12.3. The van der Waals surface area contributed by atoms with Crippen LogP contribution < -0.4 is 9.80 Å². The fourth-order valence-electron chi connectivity index (χ4n) is 8.31. The third-order valence-corrected chi connectivity index (χ3v) is 12.2. The van der Waals surface area contributed by atoms with Crippen LogP contribution in [0.1, 0.15) is 0 Å². The Morgan fingerprint density at radius 3 is 1.65 bits per heavy atom. The highest BCUT2D eigenvalue weighted by Gasteiger charge is 2.23. The van der Waals surface area contributed by atoms with Crippen molar-refractivity contribution in [2.45, 2.75) is 0 Å². The van der Waals surface area contributed by atoms with Crippen LogP contribution in [0.25, 0.3) is 59.1 Å². The van der Waals surface area contributed by atoms with Crippen molar-refractivity contribution in [1.82, 2.24) is 15.0 Å². The van der Waals surface area contributed by atoms with Crippen molar-refractivity contribution in [1.29, 1.82) is 0 Å². The number of hydrogen-bond donors (Lipinski definition) is 0. The van der Waals surface area contributed by atoms with Crippen LogP contribution in [0.3, 0.4) is 0 Å². The van der Waals surface area contributed by atoms with Crippen LogP contribution in [0.5, 0.6) is 0 Å². The molecule has 0 bridgehead atoms. The van der Waals surface area contributed by atoms with Gasteiger partial charge in [-0.2, -0.15) is 4.80 Å². The fourth-order valence-corrected chi connectivity index (χ4v) is 9.56. The number of aromatic nitrogens is 3. The van der Waals surface area contributed by atoms with Gasteiger partial charge in [0.1, 0.15) is 11.0 Å². The summed E-state index contributed by atoms with van der Waals surface area (Å²) in [6.45, 7) is 0. The zero-order valence-electron chi connectivity index (χ0n) is 32.5. The third-order valence-electron chi connectivity index (χ3n) is 11.0. The first kappa shape index (κ1) is 35.4. The monoisotopic (exact) mass is 787 g/mol. The Morgan fingerprint density at radius 2 is 0.933 bits per heavy atom. The van der Waals surface area contributed by atoms with Crippen molar-refractivity contribution in [2.75, 3.05) is 9.80 Å². The molecule has 0 unspecified atom stereocenters. The molecule has 0 aliphatic rings. The molecule has 6 heteroatoms. The van der Waals surface area contributed by atoms with Gasteiger partial charge in [-0.15, -0.1) is 21.5 Å². The molecule has 60 heavy (non-hydrogen) atoms. The predicted molar refractivity (Wildman–Crippen MR) is 252 cm³/mol. The lowest BCUT2D eigenvalue weighted by atomic mass is 9.99. The number of nitrogens with zero attached hydrogens (tertiary/aromatic N) is 5. The van der Waals surface area contributed by atoms with Crippen molar-refractivity contribution < 1.29 is 0 Å². The van der Waals surface area contributed by atoms with Gasteiger partial charge in [-0.3, -0.25) is 0 Å². The van der Waals surface area contributed by atoms with E-state index in [0.717, 1.165) is 62.0 Å². The molecule has 11 rings (SSSR count). The highest BCUT2D eigenvalue weighted by atomic mass is 32.1. The second-order valence-corrected chi connectivity index (χ2v) is 15.8. The Kier molecular flexibility index (Phi) is 8.95. The molecule has 0 aliphatic carbocycles. The van der Waals surface area contributed by atoms with Gasteiger partial charge in [-0.1, -0.05) is 140 Å². The SMILES string of the molecule is c1ccc(-c2ccc3nn(-c4cccc(N(c5ccccc5)c5cccc6sc7c(-c8ccccc8N(c8ccccc8)c8ccccc8)cccc7c56)c4)nc3c2)cc1. The molecule has 2 aromatic heterocycles. The number of benzene rings is 9. The van der Waals surface area contributed by atoms with Crippen LogP contribution >= 0.6 is 11.3 Å². The predicted octanol–water partition coefficient (Wildman–Crippen LogP) is 15.1. The van der Waals surface area contributed by atoms with E-state index in [9.17, 15) is 0 Å². The van der Waals surface area contributed by atoms with Crippen molar-refractivity contribution in [3.05, 3.63) is 224 Å². The molecule has 0 N–H and O–H groups in total. The summed E-state index contributed by atoms with van der Waals surface area (Å²) in [5.74, 6) is 0. The molecule has 284 valence electrons. The van der Waals surface area contributed by atoms with Gasteiger partial charge in [-0.25, -0.2) is 0 Å². The summed E-state index contributed by atoms with van der Waals surface area (Å²) in [4.78, 5) is 6.48. The van der Waals surface area contributed by atoms with Gasteiger partial charge in [0.15, 0.2) is 0 Å². The van der Waals surface area contributed by atoms with Crippen molar-refractivity contribution >= 4 is 76.7 Å². The van der Waals surface area contributed by atoms with Crippen molar-refractivity contribution in [3.8, 4) is 27.9 Å². The lowest BCUT2D eigenvalue weighted by Crippen LogP contribution is -2.11. The molecule has 0 spiro atoms. The summed E-state index contributed by atoms with van der Waals surface area (Å²) in [6, 6.07) is 79.3. The second-order valence-electron chi connectivity index (χ2n) is 14.7. The molecule has 0 radical (unpaired) electrons. The van der Waals surface area contributed by atoms with Crippen LogP contribution in [-0.2, 0) is 0 Å². The molecule has 0 amide bonds. The van der Waals surface area contributed by atoms with E-state index >= 15 is 0 Å². The highest BCUT2D eigenvalue weighted by Crippen LogP contribution is 2.49. The molecule has 0 fully saturated rings. The number of hydrogen-bond acceptors (Lipinski definition) is 5. The molecule has 2 heterocycles. The molecule has 9 aromatic carbocycles. The van der Waals surface area contributed by atoms with E-state index in [-0.39, 0.29) is 0 Å². The highest BCUT2D eigenvalue weighted by molar-refractivity contribution is 7.26. The van der Waals surface area contributed by atoms with Gasteiger partial charge in [0.05, 0.1) is 17.1 Å². The number of thiophene rings is 1. The molecular weight excluding hydrogens is 751 g/mol. The minimum Gasteiger partial charge on any atom is -0.310 e. The maximum atomic E-state index is 4.98. The molecule has 0 saturated carbocycles. The molecule has 0 aliphatic heterocycles. The third kappa shape index (κ3) is 6.36. The Labute approximate surface area is 352 Å². The molecule has 0 saturated heterocycles. The van der Waals surface area contributed by atoms with Gasteiger partial charge in [0, 0.05) is 54.0 Å². The Hall–Kier alpha value is -7.80. The number of para-hydroxylation sites is 4. The van der Waals surface area contributed by atoms with Gasteiger partial charge < -0.3 is 9.80 Å². The molecule has 5 nitrogen and oxygen atoms in total. The zero-order chi connectivity index (χ0) is 39.8. The average Bonchev–Trinajstić information content (AvgIpc) is 3.93.